The summed E-state index contributed by atoms with van der Waals surface area (Å²) in [6.45, 7) is 6.72. The molecule has 1 aliphatic heterocycles. The largest absolute Gasteiger partial charge is 0.365 e. The van der Waals surface area contributed by atoms with E-state index in [1.165, 1.54) is 11.6 Å². The van der Waals surface area contributed by atoms with Crippen LogP contribution in [0.3, 0.4) is 0 Å². The quantitative estimate of drug-likeness (QED) is 0.456. The molecule has 4 aromatic rings. The van der Waals surface area contributed by atoms with Gasteiger partial charge in [-0.1, -0.05) is 60.2 Å². The molecule has 0 N–H and O–H groups in total. The molecule has 2 aromatic heterocycles. The van der Waals surface area contributed by atoms with Crippen molar-refractivity contribution in [2.24, 2.45) is 14.1 Å². The number of hydrogen-bond donors (Lipinski definition) is 0. The van der Waals surface area contributed by atoms with Crippen molar-refractivity contribution >= 4 is 17.0 Å². The zero-order valence-corrected chi connectivity index (χ0v) is 20.2. The minimum atomic E-state index is -0.425. The average Bonchev–Trinajstić information content (AvgIpc) is 3.19. The summed E-state index contributed by atoms with van der Waals surface area (Å²) in [5.74, 6) is 0. The fourth-order valence-electron chi connectivity index (χ4n) is 5.00. The van der Waals surface area contributed by atoms with E-state index >= 15 is 0 Å². The summed E-state index contributed by atoms with van der Waals surface area (Å²) < 4.78 is 11.3. The second kappa shape index (κ2) is 7.99. The van der Waals surface area contributed by atoms with Crippen molar-refractivity contribution in [3.63, 3.8) is 0 Å². The first kappa shape index (κ1) is 22.2. The number of benzene rings is 2. The van der Waals surface area contributed by atoms with Crippen LogP contribution in [0.15, 0.2) is 70.3 Å². The molecule has 0 fully saturated rings. The first-order valence-electron chi connectivity index (χ1n) is 11.5. The minimum absolute atomic E-state index is 0.293. The van der Waals surface area contributed by atoms with Crippen LogP contribution in [-0.2, 0) is 24.4 Å². The number of rotatable bonds is 3. The molecule has 0 saturated carbocycles. The molecule has 0 aliphatic carbocycles. The maximum Gasteiger partial charge on any atom is 0.331 e. The van der Waals surface area contributed by atoms with Gasteiger partial charge in [0.05, 0.1) is 34.4 Å². The third kappa shape index (κ3) is 3.37. The third-order valence-corrected chi connectivity index (χ3v) is 6.65. The Labute approximate surface area is 198 Å². The van der Waals surface area contributed by atoms with Crippen LogP contribution in [0.1, 0.15) is 36.8 Å². The Morgan fingerprint density at radius 1 is 1.00 bits per heavy atom. The molecule has 0 radical (unpaired) electrons. The molecule has 0 bridgehead atoms. The third-order valence-electron chi connectivity index (χ3n) is 6.65. The maximum atomic E-state index is 13.6. The highest BCUT2D eigenvalue weighted by molar-refractivity contribution is 5.96. The molecule has 0 saturated heterocycles. The van der Waals surface area contributed by atoms with E-state index in [9.17, 15) is 9.59 Å². The van der Waals surface area contributed by atoms with Crippen molar-refractivity contribution < 1.29 is 4.74 Å². The minimum Gasteiger partial charge on any atom is -0.365 e. The molecule has 174 valence electrons. The number of nitrogens with zero attached hydrogens (tertiary/aromatic N) is 3. The SMILES string of the molecule is Cc1cccc(-c2c3c(=O)n(C)c(=O)n(C)c3c3n2C(C)(C)COC3C=Cc2ccccc2)c1. The van der Waals surface area contributed by atoms with Gasteiger partial charge in [0.2, 0.25) is 0 Å². The van der Waals surface area contributed by atoms with Crippen molar-refractivity contribution in [2.45, 2.75) is 32.4 Å². The number of ether oxygens (including phenoxy) is 1. The predicted octanol–water partition coefficient (Wildman–Crippen LogP) is 4.53. The van der Waals surface area contributed by atoms with Crippen LogP contribution in [0, 0.1) is 6.92 Å². The van der Waals surface area contributed by atoms with Crippen molar-refractivity contribution in [1.82, 2.24) is 13.7 Å². The highest BCUT2D eigenvalue weighted by Gasteiger charge is 2.39. The lowest BCUT2D eigenvalue weighted by Gasteiger charge is -2.38. The first-order valence-corrected chi connectivity index (χ1v) is 11.5. The Bertz CT molecular complexity index is 1550. The Kier molecular flexibility index (Phi) is 5.21. The van der Waals surface area contributed by atoms with E-state index in [4.69, 9.17) is 4.74 Å². The summed E-state index contributed by atoms with van der Waals surface area (Å²) in [7, 11) is 3.26. The first-order chi connectivity index (χ1) is 16.2. The predicted molar refractivity (Wildman–Crippen MR) is 136 cm³/mol. The van der Waals surface area contributed by atoms with Crippen LogP contribution in [0.4, 0.5) is 0 Å². The normalized spacial score (nSPS) is 17.4. The molecule has 6 heteroatoms. The van der Waals surface area contributed by atoms with E-state index in [0.29, 0.717) is 17.5 Å². The molecule has 2 aromatic carbocycles. The van der Waals surface area contributed by atoms with E-state index in [0.717, 1.165) is 28.1 Å². The van der Waals surface area contributed by atoms with Crippen LogP contribution in [0.25, 0.3) is 28.2 Å². The molecule has 6 nitrogen and oxygen atoms in total. The molecule has 1 aliphatic rings. The van der Waals surface area contributed by atoms with Gasteiger partial charge in [0.15, 0.2) is 0 Å². The summed E-state index contributed by atoms with van der Waals surface area (Å²) >= 11 is 0. The van der Waals surface area contributed by atoms with E-state index in [2.05, 4.69) is 24.5 Å². The van der Waals surface area contributed by atoms with Gasteiger partial charge in [-0.25, -0.2) is 4.79 Å². The molecule has 1 unspecified atom stereocenters. The van der Waals surface area contributed by atoms with Crippen LogP contribution in [0.5, 0.6) is 0 Å². The molecule has 3 heterocycles. The van der Waals surface area contributed by atoms with Gasteiger partial charge in [-0.2, -0.15) is 0 Å². The fraction of sp³-hybridized carbons (Fsp3) is 0.286. The van der Waals surface area contributed by atoms with Gasteiger partial charge in [-0.3, -0.25) is 13.9 Å². The summed E-state index contributed by atoms with van der Waals surface area (Å²) in [4.78, 5) is 26.6. The van der Waals surface area contributed by atoms with Gasteiger partial charge >= 0.3 is 5.69 Å². The molecule has 5 rings (SSSR count). The second-order valence-corrected chi connectivity index (χ2v) is 9.68. The molecular weight excluding hydrogens is 426 g/mol. The van der Waals surface area contributed by atoms with Crippen LogP contribution >= 0.6 is 0 Å². The topological polar surface area (TPSA) is 58.2 Å². The lowest BCUT2D eigenvalue weighted by Crippen LogP contribution is -2.39. The number of aryl methyl sites for hydroxylation is 2. The molecule has 34 heavy (non-hydrogen) atoms. The second-order valence-electron chi connectivity index (χ2n) is 9.68. The van der Waals surface area contributed by atoms with E-state index < -0.39 is 11.6 Å². The fourth-order valence-corrected chi connectivity index (χ4v) is 5.00. The highest BCUT2D eigenvalue weighted by atomic mass is 16.5. The zero-order chi connectivity index (χ0) is 24.2. The van der Waals surface area contributed by atoms with Gasteiger partial charge < -0.3 is 9.30 Å². The van der Waals surface area contributed by atoms with Crippen molar-refractivity contribution in [1.29, 1.82) is 0 Å². The number of aromatic nitrogens is 3. The molecule has 0 amide bonds. The highest BCUT2D eigenvalue weighted by Crippen LogP contribution is 2.44. The van der Waals surface area contributed by atoms with Gasteiger partial charge in [0, 0.05) is 14.1 Å². The average molecular weight is 456 g/mol. The van der Waals surface area contributed by atoms with Crippen molar-refractivity contribution in [3.05, 3.63) is 98.3 Å². The van der Waals surface area contributed by atoms with Gasteiger partial charge in [-0.05, 0) is 44.0 Å². The standard InChI is InChI=1S/C28H29N3O3/c1-18-10-9-13-20(16-18)23-22-25(29(4)27(33)30(5)26(22)32)24-21(34-17-28(2,3)31(23)24)15-14-19-11-7-6-8-12-19/h6-16,21H,17H2,1-5H3. The Balaban J connectivity index is 1.91. The molecular formula is C28H29N3O3. The summed E-state index contributed by atoms with van der Waals surface area (Å²) in [5.41, 5.74) is 4.33. The summed E-state index contributed by atoms with van der Waals surface area (Å²) in [6.07, 6.45) is 3.63. The number of fused-ring (bicyclic) bond motifs is 3. The molecule has 0 spiro atoms. The van der Waals surface area contributed by atoms with Gasteiger partial charge in [0.1, 0.15) is 6.10 Å². The van der Waals surface area contributed by atoms with E-state index in [-0.39, 0.29) is 11.2 Å². The maximum absolute atomic E-state index is 13.6. The van der Waals surface area contributed by atoms with Crippen LogP contribution < -0.4 is 11.2 Å². The van der Waals surface area contributed by atoms with Crippen LogP contribution in [-0.4, -0.2) is 20.3 Å². The summed E-state index contributed by atoms with van der Waals surface area (Å²) in [6, 6.07) is 18.2. The van der Waals surface area contributed by atoms with Crippen molar-refractivity contribution in [2.75, 3.05) is 6.61 Å². The Morgan fingerprint density at radius 2 is 1.74 bits per heavy atom. The lowest BCUT2D eigenvalue weighted by molar-refractivity contribution is -0.00302. The lowest BCUT2D eigenvalue weighted by atomic mass is 10.00. The zero-order valence-electron chi connectivity index (χ0n) is 20.2. The Morgan fingerprint density at radius 3 is 2.44 bits per heavy atom. The van der Waals surface area contributed by atoms with Crippen LogP contribution in [0.2, 0.25) is 0 Å². The molecule has 1 atom stereocenters. The van der Waals surface area contributed by atoms with E-state index in [1.54, 1.807) is 11.6 Å². The number of hydrogen-bond acceptors (Lipinski definition) is 3. The summed E-state index contributed by atoms with van der Waals surface area (Å²) in [5, 5.41) is 0.543. The monoisotopic (exact) mass is 455 g/mol. The van der Waals surface area contributed by atoms with Gasteiger partial charge in [-0.15, -0.1) is 0 Å². The van der Waals surface area contributed by atoms with E-state index in [1.807, 2.05) is 67.6 Å². The Hall–Kier alpha value is -3.64. The van der Waals surface area contributed by atoms with Crippen molar-refractivity contribution in [3.8, 4) is 11.3 Å². The van der Waals surface area contributed by atoms with Gasteiger partial charge in [0.25, 0.3) is 5.56 Å². The smallest absolute Gasteiger partial charge is 0.331 e.